The Morgan fingerprint density at radius 1 is 0.864 bits per heavy atom. The standard InChI is InChI=1S/C38H49ClN2O3/c1-23(2)29-15-12-25(5)18-31(29)35-21-36(42)40-22-37(43)41(34-19-26(6)13-16-30(34)24(3)4)33-17-14-28(39)20-32(33)38(40,44-35)27-10-8-7-9-11-27/h7-11,14,17,20-21,23-26,29-31,34H,12-13,15-16,18-19,22H2,1-6H3. The molecule has 2 aliphatic heterocycles. The van der Waals surface area contributed by atoms with E-state index >= 15 is 0 Å². The second-order valence-corrected chi connectivity index (χ2v) is 15.3. The van der Waals surface area contributed by atoms with E-state index in [1.54, 1.807) is 11.0 Å². The fourth-order valence-electron chi connectivity index (χ4n) is 8.89. The number of fused-ring (bicyclic) bond motifs is 3. The van der Waals surface area contributed by atoms with Crippen LogP contribution in [0.4, 0.5) is 5.69 Å². The zero-order valence-corrected chi connectivity index (χ0v) is 28.0. The second-order valence-electron chi connectivity index (χ2n) is 14.8. The van der Waals surface area contributed by atoms with Gasteiger partial charge in [0.05, 0.1) is 5.69 Å². The van der Waals surface area contributed by atoms with Crippen molar-refractivity contribution in [1.82, 2.24) is 4.90 Å². The number of benzene rings is 2. The minimum absolute atomic E-state index is 0.0346. The Balaban J connectivity index is 1.58. The van der Waals surface area contributed by atoms with Crippen LogP contribution in [-0.4, -0.2) is 29.3 Å². The van der Waals surface area contributed by atoms with Gasteiger partial charge in [0.1, 0.15) is 12.3 Å². The van der Waals surface area contributed by atoms with Gasteiger partial charge in [-0.1, -0.05) is 96.3 Å². The number of amides is 2. The van der Waals surface area contributed by atoms with Crippen LogP contribution in [0.2, 0.25) is 5.02 Å². The minimum atomic E-state index is -1.32. The molecule has 2 aliphatic carbocycles. The maximum atomic E-state index is 14.6. The molecule has 2 heterocycles. The van der Waals surface area contributed by atoms with Crippen LogP contribution in [0.1, 0.15) is 91.2 Å². The highest BCUT2D eigenvalue weighted by atomic mass is 35.5. The molecule has 4 aliphatic rings. The van der Waals surface area contributed by atoms with Crippen molar-refractivity contribution in [1.29, 1.82) is 0 Å². The van der Waals surface area contributed by atoms with Gasteiger partial charge >= 0.3 is 0 Å². The number of allylic oxidation sites excluding steroid dienone is 1. The molecule has 2 aromatic rings. The van der Waals surface area contributed by atoms with Crippen molar-refractivity contribution >= 4 is 29.1 Å². The second kappa shape index (κ2) is 12.2. The summed E-state index contributed by atoms with van der Waals surface area (Å²) in [5.41, 5.74) is 1.09. The van der Waals surface area contributed by atoms with Gasteiger partial charge in [0.25, 0.3) is 5.91 Å². The van der Waals surface area contributed by atoms with Crippen LogP contribution in [0.15, 0.2) is 60.4 Å². The topological polar surface area (TPSA) is 49.9 Å². The predicted molar refractivity (Wildman–Crippen MR) is 177 cm³/mol. The number of rotatable bonds is 5. The van der Waals surface area contributed by atoms with Gasteiger partial charge in [0, 0.05) is 34.2 Å². The average molecular weight is 617 g/mol. The molecule has 7 unspecified atom stereocenters. The number of carbonyl (C=O) groups excluding carboxylic acids is 2. The molecule has 2 amide bonds. The minimum Gasteiger partial charge on any atom is -0.463 e. The number of anilines is 1. The van der Waals surface area contributed by atoms with Crippen molar-refractivity contribution < 1.29 is 14.3 Å². The summed E-state index contributed by atoms with van der Waals surface area (Å²) in [5, 5.41) is 0.559. The highest BCUT2D eigenvalue weighted by Crippen LogP contribution is 2.53. The van der Waals surface area contributed by atoms with E-state index in [0.29, 0.717) is 40.5 Å². The molecule has 44 heavy (non-hydrogen) atoms. The molecule has 2 aromatic carbocycles. The number of carbonyl (C=O) groups is 2. The molecule has 0 spiro atoms. The summed E-state index contributed by atoms with van der Waals surface area (Å²) >= 11 is 6.81. The van der Waals surface area contributed by atoms with Gasteiger partial charge in [0.2, 0.25) is 11.6 Å². The molecule has 0 N–H and O–H groups in total. The molecule has 6 rings (SSSR count). The van der Waals surface area contributed by atoms with E-state index in [0.717, 1.165) is 48.3 Å². The van der Waals surface area contributed by atoms with Gasteiger partial charge in [-0.2, -0.15) is 0 Å². The third-order valence-electron chi connectivity index (χ3n) is 11.2. The zero-order valence-electron chi connectivity index (χ0n) is 27.3. The predicted octanol–water partition coefficient (Wildman–Crippen LogP) is 8.80. The molecule has 6 heteroatoms. The van der Waals surface area contributed by atoms with E-state index in [1.165, 1.54) is 12.8 Å². The summed E-state index contributed by atoms with van der Waals surface area (Å²) in [6.45, 7) is 13.6. The van der Waals surface area contributed by atoms with Crippen LogP contribution < -0.4 is 4.90 Å². The Bertz CT molecular complexity index is 1420. The van der Waals surface area contributed by atoms with Crippen molar-refractivity contribution in [2.45, 2.75) is 91.8 Å². The first-order valence-electron chi connectivity index (χ1n) is 16.9. The highest BCUT2D eigenvalue weighted by Gasteiger charge is 2.55. The SMILES string of the molecule is CC1CCC(C(C)C)C(C2=CC(=O)N3CC(=O)N(C4CC(C)CCC4C(C)C)c4ccc(Cl)cc4C3(c3ccccc3)O2)C1. The number of hydrogen-bond acceptors (Lipinski definition) is 3. The van der Waals surface area contributed by atoms with E-state index in [-0.39, 0.29) is 30.3 Å². The lowest BCUT2D eigenvalue weighted by atomic mass is 9.69. The van der Waals surface area contributed by atoms with Crippen molar-refractivity contribution in [3.05, 3.63) is 76.5 Å². The number of hydrogen-bond donors (Lipinski definition) is 0. The third kappa shape index (κ3) is 5.37. The van der Waals surface area contributed by atoms with Crippen LogP contribution in [0, 0.1) is 41.4 Å². The van der Waals surface area contributed by atoms with Gasteiger partial charge in [0.15, 0.2) is 0 Å². The summed E-state index contributed by atoms with van der Waals surface area (Å²) in [6.07, 6.45) is 8.18. The van der Waals surface area contributed by atoms with Gasteiger partial charge in [-0.3, -0.25) is 14.5 Å². The maximum absolute atomic E-state index is 14.6. The van der Waals surface area contributed by atoms with Crippen LogP contribution in [0.3, 0.4) is 0 Å². The Labute approximate surface area is 269 Å². The lowest BCUT2D eigenvalue weighted by Gasteiger charge is -2.49. The van der Waals surface area contributed by atoms with Crippen LogP contribution in [0.25, 0.3) is 0 Å². The number of halogens is 1. The third-order valence-corrected chi connectivity index (χ3v) is 11.4. The van der Waals surface area contributed by atoms with Crippen LogP contribution in [-0.2, 0) is 20.1 Å². The summed E-state index contributed by atoms with van der Waals surface area (Å²) in [4.78, 5) is 32.8. The smallest absolute Gasteiger partial charge is 0.254 e. The van der Waals surface area contributed by atoms with Gasteiger partial charge in [-0.15, -0.1) is 0 Å². The molecule has 2 fully saturated rings. The first kappa shape index (κ1) is 31.2. The molecule has 0 radical (unpaired) electrons. The average Bonchev–Trinajstić information content (AvgIpc) is 3.09. The molecule has 5 nitrogen and oxygen atoms in total. The van der Waals surface area contributed by atoms with Crippen molar-refractivity contribution in [3.63, 3.8) is 0 Å². The normalized spacial score (nSPS) is 32.6. The summed E-state index contributed by atoms with van der Waals surface area (Å²) in [5.74, 6) is 3.39. The molecule has 236 valence electrons. The van der Waals surface area contributed by atoms with E-state index in [9.17, 15) is 9.59 Å². The number of ether oxygens (including phenoxy) is 1. The summed E-state index contributed by atoms with van der Waals surface area (Å²) in [6, 6.07) is 15.9. The van der Waals surface area contributed by atoms with Gasteiger partial charge in [-0.25, -0.2) is 0 Å². The van der Waals surface area contributed by atoms with E-state index in [2.05, 4.69) is 41.5 Å². The highest BCUT2D eigenvalue weighted by molar-refractivity contribution is 6.30. The first-order chi connectivity index (χ1) is 21.0. The zero-order chi connectivity index (χ0) is 31.3. The van der Waals surface area contributed by atoms with E-state index < -0.39 is 5.72 Å². The van der Waals surface area contributed by atoms with Gasteiger partial charge < -0.3 is 9.64 Å². The largest absolute Gasteiger partial charge is 0.463 e. The Hall–Kier alpha value is -2.79. The number of nitrogens with zero attached hydrogens (tertiary/aromatic N) is 2. The Kier molecular flexibility index (Phi) is 8.65. The van der Waals surface area contributed by atoms with E-state index in [4.69, 9.17) is 16.3 Å². The summed E-state index contributed by atoms with van der Waals surface area (Å²) in [7, 11) is 0. The Morgan fingerprint density at radius 2 is 1.52 bits per heavy atom. The first-order valence-corrected chi connectivity index (χ1v) is 17.3. The van der Waals surface area contributed by atoms with Crippen molar-refractivity contribution in [3.8, 4) is 0 Å². The molecule has 7 atom stereocenters. The molecule has 2 saturated carbocycles. The summed E-state index contributed by atoms with van der Waals surface area (Å²) < 4.78 is 7.37. The molecule has 0 aromatic heterocycles. The fraction of sp³-hybridized carbons (Fsp3) is 0.579. The monoisotopic (exact) mass is 616 g/mol. The molecule has 0 bridgehead atoms. The molecular formula is C38H49ClN2O3. The molecule has 0 saturated heterocycles. The van der Waals surface area contributed by atoms with Crippen molar-refractivity contribution in [2.24, 2.45) is 41.4 Å². The van der Waals surface area contributed by atoms with Crippen LogP contribution >= 0.6 is 11.6 Å². The Morgan fingerprint density at radius 3 is 2.20 bits per heavy atom. The molecular weight excluding hydrogens is 568 g/mol. The van der Waals surface area contributed by atoms with Crippen molar-refractivity contribution in [2.75, 3.05) is 11.4 Å². The van der Waals surface area contributed by atoms with Gasteiger partial charge in [-0.05, 0) is 79.4 Å². The maximum Gasteiger partial charge on any atom is 0.254 e. The lowest BCUT2D eigenvalue weighted by Crippen LogP contribution is -2.56. The van der Waals surface area contributed by atoms with E-state index in [1.807, 2.05) is 53.4 Å². The quantitative estimate of drug-likeness (QED) is 0.337. The fourth-order valence-corrected chi connectivity index (χ4v) is 9.07. The lowest BCUT2D eigenvalue weighted by molar-refractivity contribution is -0.166. The van der Waals surface area contributed by atoms with Crippen LogP contribution in [0.5, 0.6) is 0 Å².